The molecule has 0 unspecified atom stereocenters. The van der Waals surface area contributed by atoms with Crippen molar-refractivity contribution in [3.05, 3.63) is 24.3 Å². The van der Waals surface area contributed by atoms with Crippen LogP contribution in [0.4, 0.5) is 0 Å². The summed E-state index contributed by atoms with van der Waals surface area (Å²) in [6, 6.07) is 5.55. The van der Waals surface area contributed by atoms with Crippen molar-refractivity contribution in [3.8, 4) is 0 Å². The highest BCUT2D eigenvalue weighted by atomic mass is 32.2. The van der Waals surface area contributed by atoms with Crippen LogP contribution in [0.5, 0.6) is 0 Å². The number of benzene rings is 1. The van der Waals surface area contributed by atoms with E-state index in [-0.39, 0.29) is 10.4 Å². The summed E-state index contributed by atoms with van der Waals surface area (Å²) < 4.78 is 27.0. The van der Waals surface area contributed by atoms with Crippen molar-refractivity contribution in [2.24, 2.45) is 0 Å². The standard InChI is InChI=1S/C21H36BNO5S/c24-19-13-11-9-7-5-3-1-2-4-6-8-10-12-18-23-29(27,28)21-16-14-20(15-17-21)22(25)26/h14-17,19,23,25-26H,1-13,18H2. The lowest BCUT2D eigenvalue weighted by atomic mass is 9.81. The molecule has 0 aliphatic rings. The summed E-state index contributed by atoms with van der Waals surface area (Å²) in [6.45, 7) is 0.414. The molecule has 0 aliphatic heterocycles. The molecule has 29 heavy (non-hydrogen) atoms. The lowest BCUT2D eigenvalue weighted by Gasteiger charge is -2.08. The Morgan fingerprint density at radius 3 is 1.66 bits per heavy atom. The van der Waals surface area contributed by atoms with E-state index < -0.39 is 17.1 Å². The van der Waals surface area contributed by atoms with E-state index in [0.29, 0.717) is 13.0 Å². The first-order chi connectivity index (χ1) is 14.0. The zero-order chi connectivity index (χ0) is 21.4. The Bertz CT molecular complexity index is 650. The monoisotopic (exact) mass is 425 g/mol. The largest absolute Gasteiger partial charge is 0.488 e. The summed E-state index contributed by atoms with van der Waals surface area (Å²) in [6.07, 6.45) is 15.6. The minimum atomic E-state index is -3.55. The smallest absolute Gasteiger partial charge is 0.423 e. The van der Waals surface area contributed by atoms with Crippen LogP contribution in [-0.2, 0) is 14.8 Å². The van der Waals surface area contributed by atoms with Gasteiger partial charge < -0.3 is 14.8 Å². The average Bonchev–Trinajstić information content (AvgIpc) is 2.71. The Kier molecular flexibility index (Phi) is 13.9. The van der Waals surface area contributed by atoms with Gasteiger partial charge in [0.05, 0.1) is 4.90 Å². The molecule has 0 amide bonds. The number of rotatable bonds is 18. The second-order valence-electron chi connectivity index (χ2n) is 7.54. The third-order valence-electron chi connectivity index (χ3n) is 5.03. The number of hydrogen-bond acceptors (Lipinski definition) is 5. The summed E-state index contributed by atoms with van der Waals surface area (Å²) in [5, 5.41) is 18.1. The molecule has 3 N–H and O–H groups in total. The van der Waals surface area contributed by atoms with Gasteiger partial charge in [-0.25, -0.2) is 13.1 Å². The maximum atomic E-state index is 12.2. The van der Waals surface area contributed by atoms with Crippen molar-refractivity contribution in [1.82, 2.24) is 4.72 Å². The summed E-state index contributed by atoms with van der Waals surface area (Å²) >= 11 is 0. The molecular formula is C21H36BNO5S. The molecule has 0 aliphatic carbocycles. The van der Waals surface area contributed by atoms with E-state index in [1.165, 1.54) is 75.6 Å². The van der Waals surface area contributed by atoms with Gasteiger partial charge in [0, 0.05) is 13.0 Å². The fourth-order valence-electron chi connectivity index (χ4n) is 3.23. The predicted molar refractivity (Wildman–Crippen MR) is 118 cm³/mol. The maximum Gasteiger partial charge on any atom is 0.488 e. The highest BCUT2D eigenvalue weighted by Crippen LogP contribution is 2.12. The topological polar surface area (TPSA) is 104 Å². The van der Waals surface area contributed by atoms with Crippen LogP contribution in [0.3, 0.4) is 0 Å². The molecule has 0 aromatic heterocycles. The lowest BCUT2D eigenvalue weighted by Crippen LogP contribution is -2.30. The molecule has 0 spiro atoms. The Morgan fingerprint density at radius 1 is 0.759 bits per heavy atom. The first-order valence-electron chi connectivity index (χ1n) is 10.9. The minimum Gasteiger partial charge on any atom is -0.423 e. The third-order valence-corrected chi connectivity index (χ3v) is 6.51. The molecule has 8 heteroatoms. The van der Waals surface area contributed by atoms with E-state index in [1.807, 2.05) is 0 Å². The van der Waals surface area contributed by atoms with Crippen LogP contribution >= 0.6 is 0 Å². The molecule has 6 nitrogen and oxygen atoms in total. The van der Waals surface area contributed by atoms with E-state index in [0.717, 1.165) is 32.0 Å². The summed E-state index contributed by atoms with van der Waals surface area (Å²) in [5.41, 5.74) is 0.263. The number of hydrogen-bond donors (Lipinski definition) is 3. The zero-order valence-corrected chi connectivity index (χ0v) is 18.2. The molecular weight excluding hydrogens is 389 g/mol. The molecule has 1 aromatic rings. The number of carbonyl (C=O) groups excluding carboxylic acids is 1. The highest BCUT2D eigenvalue weighted by Gasteiger charge is 2.15. The second-order valence-corrected chi connectivity index (χ2v) is 9.31. The highest BCUT2D eigenvalue weighted by molar-refractivity contribution is 7.89. The maximum absolute atomic E-state index is 12.2. The molecule has 0 fully saturated rings. The Balaban J connectivity index is 1.99. The molecule has 0 atom stereocenters. The first kappa shape index (κ1) is 25.8. The lowest BCUT2D eigenvalue weighted by molar-refractivity contribution is -0.107. The van der Waals surface area contributed by atoms with Gasteiger partial charge in [-0.05, 0) is 30.4 Å². The van der Waals surface area contributed by atoms with Crippen molar-refractivity contribution in [2.75, 3.05) is 6.54 Å². The van der Waals surface area contributed by atoms with Crippen LogP contribution in [0.15, 0.2) is 29.2 Å². The SMILES string of the molecule is O=CCCCCCCCCCCCCCCNS(=O)(=O)c1ccc(B(O)O)cc1. The van der Waals surface area contributed by atoms with Gasteiger partial charge in [0.2, 0.25) is 10.0 Å². The predicted octanol–water partition coefficient (Wildman–Crippen LogP) is 2.91. The van der Waals surface area contributed by atoms with Crippen LogP contribution in [0.25, 0.3) is 0 Å². The van der Waals surface area contributed by atoms with E-state index in [1.54, 1.807) is 0 Å². The van der Waals surface area contributed by atoms with Gasteiger partial charge in [0.25, 0.3) is 0 Å². The van der Waals surface area contributed by atoms with Crippen LogP contribution in [0, 0.1) is 0 Å². The van der Waals surface area contributed by atoms with Gasteiger partial charge in [-0.2, -0.15) is 0 Å². The normalized spacial score (nSPS) is 11.5. The van der Waals surface area contributed by atoms with E-state index >= 15 is 0 Å². The van der Waals surface area contributed by atoms with Crippen molar-refractivity contribution in [2.45, 2.75) is 88.4 Å². The fourth-order valence-corrected chi connectivity index (χ4v) is 4.30. The molecule has 0 heterocycles. The van der Waals surface area contributed by atoms with Gasteiger partial charge in [0.1, 0.15) is 6.29 Å². The molecule has 1 rings (SSSR count). The van der Waals surface area contributed by atoms with Gasteiger partial charge in [-0.15, -0.1) is 0 Å². The Hall–Kier alpha value is -1.22. The Morgan fingerprint density at radius 2 is 1.21 bits per heavy atom. The van der Waals surface area contributed by atoms with Crippen molar-refractivity contribution in [1.29, 1.82) is 0 Å². The minimum absolute atomic E-state index is 0.130. The van der Waals surface area contributed by atoms with Crippen LogP contribution in [-0.4, -0.2) is 38.4 Å². The van der Waals surface area contributed by atoms with E-state index in [4.69, 9.17) is 10.0 Å². The van der Waals surface area contributed by atoms with Gasteiger partial charge in [-0.3, -0.25) is 0 Å². The summed E-state index contributed by atoms with van der Waals surface area (Å²) in [4.78, 5) is 10.3. The van der Waals surface area contributed by atoms with Crippen molar-refractivity contribution < 1.29 is 23.3 Å². The van der Waals surface area contributed by atoms with Crippen LogP contribution in [0.1, 0.15) is 83.5 Å². The number of nitrogens with one attached hydrogen (secondary N) is 1. The fraction of sp³-hybridized carbons (Fsp3) is 0.667. The average molecular weight is 425 g/mol. The van der Waals surface area contributed by atoms with Crippen LogP contribution in [0.2, 0.25) is 0 Å². The zero-order valence-electron chi connectivity index (χ0n) is 17.4. The molecule has 0 saturated heterocycles. The summed E-state index contributed by atoms with van der Waals surface area (Å²) in [7, 11) is -5.15. The number of sulfonamides is 1. The molecule has 0 saturated carbocycles. The van der Waals surface area contributed by atoms with Crippen LogP contribution < -0.4 is 10.2 Å². The van der Waals surface area contributed by atoms with E-state index in [2.05, 4.69) is 4.72 Å². The molecule has 1 aromatic carbocycles. The third kappa shape index (κ3) is 12.2. The van der Waals surface area contributed by atoms with Gasteiger partial charge in [0.15, 0.2) is 0 Å². The Labute approximate surface area is 176 Å². The molecule has 0 radical (unpaired) electrons. The van der Waals surface area contributed by atoms with Crippen molar-refractivity contribution in [3.63, 3.8) is 0 Å². The number of aldehydes is 1. The van der Waals surface area contributed by atoms with E-state index in [9.17, 15) is 13.2 Å². The van der Waals surface area contributed by atoms with Crippen molar-refractivity contribution >= 4 is 28.9 Å². The van der Waals surface area contributed by atoms with Gasteiger partial charge >= 0.3 is 7.12 Å². The number of unbranched alkanes of at least 4 members (excludes halogenated alkanes) is 12. The molecule has 0 bridgehead atoms. The van der Waals surface area contributed by atoms with Gasteiger partial charge in [-0.1, -0.05) is 76.3 Å². The second kappa shape index (κ2) is 15.6. The molecule has 164 valence electrons. The number of carbonyl (C=O) groups is 1. The quantitative estimate of drug-likeness (QED) is 0.191. The first-order valence-corrected chi connectivity index (χ1v) is 12.3. The summed E-state index contributed by atoms with van der Waals surface area (Å²) in [5.74, 6) is 0.